The van der Waals surface area contributed by atoms with E-state index in [1.165, 1.54) is 22.9 Å². The largest absolute Gasteiger partial charge is 0.339 e. The molecule has 0 N–H and O–H groups in total. The average Bonchev–Trinajstić information content (AvgIpc) is 2.68. The molecule has 2 aliphatic heterocycles. The Balaban J connectivity index is 1.63. The molecule has 2 aliphatic rings. The van der Waals surface area contributed by atoms with Crippen LogP contribution in [-0.4, -0.2) is 49.2 Å². The molecule has 3 rings (SSSR count). The van der Waals surface area contributed by atoms with Crippen LogP contribution < -0.4 is 0 Å². The molecule has 5 nitrogen and oxygen atoms in total. The summed E-state index contributed by atoms with van der Waals surface area (Å²) in [5, 5.41) is 0. The zero-order chi connectivity index (χ0) is 18.7. The number of nitrogens with zero attached hydrogens (tertiary/aromatic N) is 2. The maximum absolute atomic E-state index is 13.0. The smallest absolute Gasteiger partial charge is 0.243 e. The number of rotatable bonds is 4. The van der Waals surface area contributed by atoms with Gasteiger partial charge in [0.05, 0.1) is 4.90 Å². The summed E-state index contributed by atoms with van der Waals surface area (Å²) >= 11 is 0. The number of carbonyl (C=O) groups excluding carboxylic acids is 1. The molecule has 1 aromatic rings. The normalized spacial score (nSPS) is 23.2. The predicted molar refractivity (Wildman–Crippen MR) is 97.5 cm³/mol. The second-order valence-electron chi connectivity index (χ2n) is 7.22. The predicted octanol–water partition coefficient (Wildman–Crippen LogP) is 3.02. The summed E-state index contributed by atoms with van der Waals surface area (Å²) in [6.45, 7) is 3.61. The van der Waals surface area contributed by atoms with E-state index in [0.29, 0.717) is 32.0 Å². The molecule has 0 bridgehead atoms. The number of hydrogen-bond acceptors (Lipinski definition) is 3. The van der Waals surface area contributed by atoms with Gasteiger partial charge in [0, 0.05) is 31.6 Å². The lowest BCUT2D eigenvalue weighted by molar-refractivity contribution is -0.140. The zero-order valence-electron chi connectivity index (χ0n) is 15.2. The first-order chi connectivity index (χ1) is 12.4. The third kappa shape index (κ3) is 3.93. The van der Waals surface area contributed by atoms with Gasteiger partial charge in [0.1, 0.15) is 5.82 Å². The molecule has 7 heteroatoms. The van der Waals surface area contributed by atoms with E-state index in [4.69, 9.17) is 0 Å². The van der Waals surface area contributed by atoms with Crippen LogP contribution in [0.3, 0.4) is 0 Å². The Morgan fingerprint density at radius 1 is 1.08 bits per heavy atom. The maximum Gasteiger partial charge on any atom is 0.243 e. The van der Waals surface area contributed by atoms with Gasteiger partial charge >= 0.3 is 0 Å². The molecule has 1 atom stereocenters. The second kappa shape index (κ2) is 8.05. The summed E-state index contributed by atoms with van der Waals surface area (Å²) in [5.74, 6) is -0.363. The Morgan fingerprint density at radius 3 is 2.35 bits per heavy atom. The van der Waals surface area contributed by atoms with Crippen LogP contribution in [-0.2, 0) is 14.8 Å². The van der Waals surface area contributed by atoms with E-state index in [1.807, 2.05) is 4.90 Å². The van der Waals surface area contributed by atoms with Crippen molar-refractivity contribution in [2.24, 2.45) is 5.92 Å². The Bertz CT molecular complexity index is 728. The van der Waals surface area contributed by atoms with Crippen LogP contribution in [0, 0.1) is 11.7 Å². The number of benzene rings is 1. The van der Waals surface area contributed by atoms with Crippen molar-refractivity contribution < 1.29 is 17.6 Å². The van der Waals surface area contributed by atoms with E-state index in [-0.39, 0.29) is 16.7 Å². The maximum atomic E-state index is 13.0. The Morgan fingerprint density at radius 2 is 1.73 bits per heavy atom. The highest BCUT2D eigenvalue weighted by atomic mass is 32.2. The fourth-order valence-electron chi connectivity index (χ4n) is 4.05. The lowest BCUT2D eigenvalue weighted by Gasteiger charge is -2.39. The van der Waals surface area contributed by atoms with E-state index in [0.717, 1.165) is 37.9 Å². The van der Waals surface area contributed by atoms with E-state index in [2.05, 4.69) is 6.92 Å². The molecule has 0 aromatic heterocycles. The molecule has 0 spiro atoms. The van der Waals surface area contributed by atoms with Gasteiger partial charge in [-0.1, -0.05) is 6.92 Å². The molecule has 0 radical (unpaired) electrons. The fourth-order valence-corrected chi connectivity index (χ4v) is 5.52. The zero-order valence-corrected chi connectivity index (χ0v) is 16.0. The third-order valence-electron chi connectivity index (χ3n) is 5.64. The van der Waals surface area contributed by atoms with Gasteiger partial charge in [-0.2, -0.15) is 4.31 Å². The number of hydrogen-bond donors (Lipinski definition) is 0. The minimum atomic E-state index is -3.63. The van der Waals surface area contributed by atoms with Crippen molar-refractivity contribution >= 4 is 15.9 Å². The van der Waals surface area contributed by atoms with E-state index >= 15 is 0 Å². The number of halogens is 1. The molecule has 1 amide bonds. The molecule has 0 saturated carbocycles. The fraction of sp³-hybridized carbons (Fsp3) is 0.632. The van der Waals surface area contributed by atoms with E-state index in [9.17, 15) is 17.6 Å². The van der Waals surface area contributed by atoms with Crippen LogP contribution in [0.25, 0.3) is 0 Å². The minimum Gasteiger partial charge on any atom is -0.339 e. The first-order valence-electron chi connectivity index (χ1n) is 9.49. The van der Waals surface area contributed by atoms with Crippen LogP contribution >= 0.6 is 0 Å². The van der Waals surface area contributed by atoms with Gasteiger partial charge < -0.3 is 4.90 Å². The van der Waals surface area contributed by atoms with Crippen LogP contribution in [0.2, 0.25) is 0 Å². The van der Waals surface area contributed by atoms with E-state index in [1.54, 1.807) is 0 Å². The molecule has 0 aliphatic carbocycles. The van der Waals surface area contributed by atoms with Gasteiger partial charge in [-0.3, -0.25) is 4.79 Å². The molecule has 1 aromatic carbocycles. The van der Waals surface area contributed by atoms with Gasteiger partial charge in [-0.05, 0) is 62.8 Å². The van der Waals surface area contributed by atoms with Crippen LogP contribution in [0.5, 0.6) is 0 Å². The Hall–Kier alpha value is -1.47. The van der Waals surface area contributed by atoms with Crippen LogP contribution in [0.15, 0.2) is 29.2 Å². The first kappa shape index (κ1) is 19.3. The summed E-state index contributed by atoms with van der Waals surface area (Å²) in [4.78, 5) is 15.0. The SMILES string of the molecule is CCC1CCCCN1C(=O)C1CCN(S(=O)(=O)c2ccc(F)cc2)CC1. The number of sulfonamides is 1. The molecule has 144 valence electrons. The first-order valence-corrected chi connectivity index (χ1v) is 10.9. The molecular weight excluding hydrogens is 355 g/mol. The number of piperidine rings is 2. The summed E-state index contributed by atoms with van der Waals surface area (Å²) < 4.78 is 39.8. The molecule has 26 heavy (non-hydrogen) atoms. The van der Waals surface area contributed by atoms with Crippen molar-refractivity contribution in [3.05, 3.63) is 30.1 Å². The summed E-state index contributed by atoms with van der Waals surface area (Å²) in [6.07, 6.45) is 5.37. The molecule has 2 saturated heterocycles. The number of likely N-dealkylation sites (tertiary alicyclic amines) is 1. The van der Waals surface area contributed by atoms with Gasteiger partial charge in [-0.15, -0.1) is 0 Å². The summed E-state index contributed by atoms with van der Waals surface area (Å²) in [6, 6.07) is 5.23. The average molecular weight is 383 g/mol. The number of carbonyl (C=O) groups is 1. The third-order valence-corrected chi connectivity index (χ3v) is 7.55. The molecular formula is C19H27FN2O3S. The standard InChI is InChI=1S/C19H27FN2O3S/c1-2-17-5-3-4-12-22(17)19(23)15-10-13-21(14-11-15)26(24,25)18-8-6-16(20)7-9-18/h6-9,15,17H,2-5,10-14H2,1H3. The molecule has 2 heterocycles. The van der Waals surface area contributed by atoms with Crippen LogP contribution in [0.1, 0.15) is 45.4 Å². The van der Waals surface area contributed by atoms with Gasteiger partial charge in [0.15, 0.2) is 0 Å². The minimum absolute atomic E-state index is 0.0955. The summed E-state index contributed by atoms with van der Waals surface area (Å²) in [7, 11) is -3.63. The number of amides is 1. The highest BCUT2D eigenvalue weighted by Crippen LogP contribution is 2.28. The monoisotopic (exact) mass is 382 g/mol. The lowest BCUT2D eigenvalue weighted by atomic mass is 9.92. The van der Waals surface area contributed by atoms with Crippen LogP contribution in [0.4, 0.5) is 4.39 Å². The molecule has 2 fully saturated rings. The Labute approximate surface area is 155 Å². The van der Waals surface area contributed by atoms with Gasteiger partial charge in [0.25, 0.3) is 0 Å². The molecule has 1 unspecified atom stereocenters. The second-order valence-corrected chi connectivity index (χ2v) is 9.16. The van der Waals surface area contributed by atoms with Crippen molar-refractivity contribution in [2.75, 3.05) is 19.6 Å². The van der Waals surface area contributed by atoms with E-state index < -0.39 is 15.8 Å². The lowest BCUT2D eigenvalue weighted by Crippen LogP contribution is -2.49. The highest BCUT2D eigenvalue weighted by molar-refractivity contribution is 7.89. The van der Waals surface area contributed by atoms with Crippen molar-refractivity contribution in [3.63, 3.8) is 0 Å². The summed E-state index contributed by atoms with van der Waals surface area (Å²) in [5.41, 5.74) is 0. The quantitative estimate of drug-likeness (QED) is 0.804. The Kier molecular flexibility index (Phi) is 5.97. The van der Waals surface area contributed by atoms with Crippen molar-refractivity contribution in [3.8, 4) is 0 Å². The topological polar surface area (TPSA) is 57.7 Å². The van der Waals surface area contributed by atoms with Crippen molar-refractivity contribution in [2.45, 2.75) is 56.4 Å². The van der Waals surface area contributed by atoms with Gasteiger partial charge in [-0.25, -0.2) is 12.8 Å². The van der Waals surface area contributed by atoms with Crippen molar-refractivity contribution in [1.82, 2.24) is 9.21 Å². The highest BCUT2D eigenvalue weighted by Gasteiger charge is 2.35. The van der Waals surface area contributed by atoms with Crippen molar-refractivity contribution in [1.29, 1.82) is 0 Å². The van der Waals surface area contributed by atoms with Gasteiger partial charge in [0.2, 0.25) is 15.9 Å².